The highest BCUT2D eigenvalue weighted by Crippen LogP contribution is 2.25. The number of halogens is 2. The maximum Gasteiger partial charge on any atom is 0.254 e. The van der Waals surface area contributed by atoms with Gasteiger partial charge in [-0.15, -0.1) is 0 Å². The molecule has 0 spiro atoms. The molecule has 1 aliphatic rings. The fourth-order valence-electron chi connectivity index (χ4n) is 2.52. The van der Waals surface area contributed by atoms with E-state index in [0.717, 1.165) is 13.1 Å². The van der Waals surface area contributed by atoms with Crippen LogP contribution in [0.4, 0.5) is 4.39 Å². The van der Waals surface area contributed by atoms with Gasteiger partial charge in [-0.2, -0.15) is 0 Å². The molecule has 0 saturated carbocycles. The van der Waals surface area contributed by atoms with E-state index >= 15 is 0 Å². The van der Waals surface area contributed by atoms with Crippen LogP contribution < -0.4 is 10.1 Å². The standard InChI is InChI=1S/C16H22ClFN2O3/c1-16(2,20-4-6-23-7-5-20)10-19-15(21)12-8-11(22-3)9-13(17)14(12)18/h8-9H,4-7,10H2,1-3H3,(H,19,21). The molecule has 0 radical (unpaired) electrons. The molecule has 2 rings (SSSR count). The van der Waals surface area contributed by atoms with E-state index < -0.39 is 11.7 Å². The molecule has 1 amide bonds. The van der Waals surface area contributed by atoms with E-state index in [1.807, 2.05) is 13.8 Å². The minimum Gasteiger partial charge on any atom is -0.497 e. The SMILES string of the molecule is COc1cc(Cl)c(F)c(C(=O)NCC(C)(C)N2CCOCC2)c1. The Morgan fingerprint density at radius 1 is 1.43 bits per heavy atom. The lowest BCUT2D eigenvalue weighted by Crippen LogP contribution is -2.55. The number of methoxy groups -OCH3 is 1. The first-order valence-electron chi connectivity index (χ1n) is 7.49. The van der Waals surface area contributed by atoms with Crippen LogP contribution in [-0.4, -0.2) is 56.3 Å². The third-order valence-electron chi connectivity index (χ3n) is 4.03. The predicted octanol–water partition coefficient (Wildman–Crippen LogP) is 2.33. The number of nitrogens with one attached hydrogen (secondary N) is 1. The maximum absolute atomic E-state index is 14.1. The monoisotopic (exact) mass is 344 g/mol. The number of hydrogen-bond donors (Lipinski definition) is 1. The van der Waals surface area contributed by atoms with E-state index in [-0.39, 0.29) is 16.1 Å². The molecule has 0 aliphatic carbocycles. The average Bonchev–Trinajstić information content (AvgIpc) is 2.56. The topological polar surface area (TPSA) is 50.8 Å². The van der Waals surface area contributed by atoms with Gasteiger partial charge in [-0.05, 0) is 19.9 Å². The number of amides is 1. The summed E-state index contributed by atoms with van der Waals surface area (Å²) < 4.78 is 24.4. The van der Waals surface area contributed by atoms with Crippen LogP contribution >= 0.6 is 11.6 Å². The summed E-state index contributed by atoms with van der Waals surface area (Å²) in [5.41, 5.74) is -0.370. The second-order valence-electron chi connectivity index (χ2n) is 6.07. The van der Waals surface area contributed by atoms with E-state index in [1.54, 1.807) is 0 Å². The summed E-state index contributed by atoms with van der Waals surface area (Å²) in [6, 6.07) is 2.68. The van der Waals surface area contributed by atoms with E-state index in [4.69, 9.17) is 21.1 Å². The van der Waals surface area contributed by atoms with Crippen LogP contribution in [0.2, 0.25) is 5.02 Å². The first kappa shape index (κ1) is 18.0. The highest BCUT2D eigenvalue weighted by molar-refractivity contribution is 6.31. The summed E-state index contributed by atoms with van der Waals surface area (Å²) in [5.74, 6) is -0.909. The second kappa shape index (κ2) is 7.47. The molecular weight excluding hydrogens is 323 g/mol. The number of carbonyl (C=O) groups is 1. The first-order valence-corrected chi connectivity index (χ1v) is 7.87. The van der Waals surface area contributed by atoms with Crippen LogP contribution in [0, 0.1) is 5.82 Å². The zero-order chi connectivity index (χ0) is 17.0. The van der Waals surface area contributed by atoms with Gasteiger partial charge in [0.25, 0.3) is 5.91 Å². The molecule has 5 nitrogen and oxygen atoms in total. The third-order valence-corrected chi connectivity index (χ3v) is 4.31. The summed E-state index contributed by atoms with van der Waals surface area (Å²) in [6.07, 6.45) is 0. The van der Waals surface area contributed by atoms with Crippen molar-refractivity contribution in [2.75, 3.05) is 40.0 Å². The Bertz CT molecular complexity index is 575. The van der Waals surface area contributed by atoms with Crippen LogP contribution in [0.3, 0.4) is 0 Å². The molecule has 0 atom stereocenters. The van der Waals surface area contributed by atoms with Gasteiger partial charge in [-0.3, -0.25) is 9.69 Å². The van der Waals surface area contributed by atoms with Crippen molar-refractivity contribution < 1.29 is 18.7 Å². The van der Waals surface area contributed by atoms with Gasteiger partial charge in [0.1, 0.15) is 5.75 Å². The molecule has 1 aliphatic heterocycles. The van der Waals surface area contributed by atoms with Gasteiger partial charge in [-0.25, -0.2) is 4.39 Å². The predicted molar refractivity (Wildman–Crippen MR) is 86.8 cm³/mol. The van der Waals surface area contributed by atoms with E-state index in [2.05, 4.69) is 10.2 Å². The van der Waals surface area contributed by atoms with Gasteiger partial charge >= 0.3 is 0 Å². The smallest absolute Gasteiger partial charge is 0.254 e. The van der Waals surface area contributed by atoms with E-state index in [1.165, 1.54) is 19.2 Å². The summed E-state index contributed by atoms with van der Waals surface area (Å²) >= 11 is 5.80. The lowest BCUT2D eigenvalue weighted by Gasteiger charge is -2.40. The van der Waals surface area contributed by atoms with Crippen molar-refractivity contribution in [3.63, 3.8) is 0 Å². The molecule has 1 saturated heterocycles. The van der Waals surface area contributed by atoms with E-state index in [9.17, 15) is 9.18 Å². The molecule has 1 N–H and O–H groups in total. The fraction of sp³-hybridized carbons (Fsp3) is 0.562. The van der Waals surface area contributed by atoms with Crippen LogP contribution in [0.1, 0.15) is 24.2 Å². The van der Waals surface area contributed by atoms with Crippen molar-refractivity contribution in [3.8, 4) is 5.75 Å². The highest BCUT2D eigenvalue weighted by Gasteiger charge is 2.29. The fourth-order valence-corrected chi connectivity index (χ4v) is 2.73. The minimum atomic E-state index is -0.742. The Hall–Kier alpha value is -1.37. The Balaban J connectivity index is 2.05. The number of ether oxygens (including phenoxy) is 2. The first-order chi connectivity index (χ1) is 10.8. The van der Waals surface area contributed by atoms with Crippen LogP contribution in [0.25, 0.3) is 0 Å². The van der Waals surface area contributed by atoms with Crippen molar-refractivity contribution >= 4 is 17.5 Å². The van der Waals surface area contributed by atoms with Crippen molar-refractivity contribution in [3.05, 3.63) is 28.5 Å². The highest BCUT2D eigenvalue weighted by atomic mass is 35.5. The molecule has 0 unspecified atom stereocenters. The second-order valence-corrected chi connectivity index (χ2v) is 6.47. The summed E-state index contributed by atoms with van der Waals surface area (Å²) in [7, 11) is 1.44. The Morgan fingerprint density at radius 3 is 2.70 bits per heavy atom. The number of benzene rings is 1. The number of morpholine rings is 1. The van der Waals surface area contributed by atoms with Gasteiger partial charge in [0, 0.05) is 31.2 Å². The lowest BCUT2D eigenvalue weighted by molar-refractivity contribution is -0.00924. The lowest BCUT2D eigenvalue weighted by atomic mass is 10.0. The molecule has 128 valence electrons. The maximum atomic E-state index is 14.1. The van der Waals surface area contributed by atoms with Crippen molar-refractivity contribution in [1.29, 1.82) is 0 Å². The molecular formula is C16H22ClFN2O3. The van der Waals surface area contributed by atoms with Crippen molar-refractivity contribution in [2.45, 2.75) is 19.4 Å². The van der Waals surface area contributed by atoms with Gasteiger partial charge in [0.15, 0.2) is 5.82 Å². The van der Waals surface area contributed by atoms with Crippen molar-refractivity contribution in [2.24, 2.45) is 0 Å². The van der Waals surface area contributed by atoms with Gasteiger partial charge in [-0.1, -0.05) is 11.6 Å². The molecule has 1 fully saturated rings. The van der Waals surface area contributed by atoms with Gasteiger partial charge in [0.05, 0.1) is 30.9 Å². The molecule has 23 heavy (non-hydrogen) atoms. The average molecular weight is 345 g/mol. The molecule has 1 aromatic rings. The molecule has 0 aromatic heterocycles. The molecule has 1 aromatic carbocycles. The molecule has 1 heterocycles. The number of nitrogens with zero attached hydrogens (tertiary/aromatic N) is 1. The number of rotatable bonds is 5. The molecule has 7 heteroatoms. The minimum absolute atomic E-state index is 0.118. The Labute approximate surface area is 140 Å². The van der Waals surface area contributed by atoms with Crippen LogP contribution in [0.5, 0.6) is 5.75 Å². The number of carbonyl (C=O) groups excluding carboxylic acids is 1. The number of hydrogen-bond acceptors (Lipinski definition) is 4. The van der Waals surface area contributed by atoms with Crippen LogP contribution in [-0.2, 0) is 4.74 Å². The third kappa shape index (κ3) is 4.34. The van der Waals surface area contributed by atoms with E-state index in [0.29, 0.717) is 25.5 Å². The van der Waals surface area contributed by atoms with Gasteiger partial charge in [0.2, 0.25) is 0 Å². The summed E-state index contributed by atoms with van der Waals surface area (Å²) in [4.78, 5) is 14.5. The zero-order valence-electron chi connectivity index (χ0n) is 13.6. The Kier molecular flexibility index (Phi) is 5.84. The van der Waals surface area contributed by atoms with Crippen molar-refractivity contribution in [1.82, 2.24) is 10.2 Å². The normalized spacial score (nSPS) is 16.2. The quantitative estimate of drug-likeness (QED) is 0.890. The Morgan fingerprint density at radius 2 is 2.09 bits per heavy atom. The zero-order valence-corrected chi connectivity index (χ0v) is 14.4. The van der Waals surface area contributed by atoms with Gasteiger partial charge < -0.3 is 14.8 Å². The summed E-state index contributed by atoms with van der Waals surface area (Å²) in [5, 5.41) is 2.64. The van der Waals surface area contributed by atoms with Crippen LogP contribution in [0.15, 0.2) is 12.1 Å². The molecule has 0 bridgehead atoms. The largest absolute Gasteiger partial charge is 0.497 e. The summed E-state index contributed by atoms with van der Waals surface area (Å²) in [6.45, 7) is 7.43.